The summed E-state index contributed by atoms with van der Waals surface area (Å²) in [5.74, 6) is 0.478. The lowest BCUT2D eigenvalue weighted by Crippen LogP contribution is -2.21. The highest BCUT2D eigenvalue weighted by atomic mass is 16.5. The van der Waals surface area contributed by atoms with Gasteiger partial charge >= 0.3 is 5.97 Å². The van der Waals surface area contributed by atoms with Crippen molar-refractivity contribution < 1.29 is 19.1 Å². The van der Waals surface area contributed by atoms with Crippen molar-refractivity contribution in [3.05, 3.63) is 83.7 Å². The van der Waals surface area contributed by atoms with Crippen molar-refractivity contribution in [2.24, 2.45) is 0 Å². The van der Waals surface area contributed by atoms with E-state index in [1.165, 1.54) is 12.8 Å². The number of hydrogen-bond donors (Lipinski definition) is 1. The van der Waals surface area contributed by atoms with Crippen molar-refractivity contribution in [3.8, 4) is 28.2 Å². The van der Waals surface area contributed by atoms with Gasteiger partial charge in [0.1, 0.15) is 31.2 Å². The quantitative estimate of drug-likeness (QED) is 0.0807. The summed E-state index contributed by atoms with van der Waals surface area (Å²) >= 11 is 0. The third kappa shape index (κ3) is 5.83. The number of fused-ring (bicyclic) bond motifs is 4. The SMILES string of the molecule is CCCC.CCCCOC(=O)c1ccccc1-c1c2ccc(=[N+](C)C)cc-2oc2c1ccc1cccc(O)c12. The summed E-state index contributed by atoms with van der Waals surface area (Å²) in [5.41, 5.74) is 3.61. The van der Waals surface area contributed by atoms with Gasteiger partial charge < -0.3 is 14.3 Å². The zero-order valence-electron chi connectivity index (χ0n) is 23.6. The van der Waals surface area contributed by atoms with Crippen LogP contribution in [0.5, 0.6) is 5.75 Å². The number of nitrogens with zero attached hydrogens (tertiary/aromatic N) is 1. The summed E-state index contributed by atoms with van der Waals surface area (Å²) in [4.78, 5) is 13.1. The molecule has 0 unspecified atom stereocenters. The third-order valence-corrected chi connectivity index (χ3v) is 6.86. The van der Waals surface area contributed by atoms with Crippen molar-refractivity contribution in [3.63, 3.8) is 0 Å². The molecular formula is C34H38NO4+. The molecule has 5 heteroatoms. The monoisotopic (exact) mass is 524 g/mol. The van der Waals surface area contributed by atoms with E-state index in [1.54, 1.807) is 12.1 Å². The second kappa shape index (κ2) is 12.6. The molecule has 1 N–H and O–H groups in total. The van der Waals surface area contributed by atoms with Gasteiger partial charge in [0.25, 0.3) is 0 Å². The smallest absolute Gasteiger partial charge is 0.338 e. The molecule has 0 spiro atoms. The second-order valence-corrected chi connectivity index (χ2v) is 9.90. The number of rotatable bonds is 6. The summed E-state index contributed by atoms with van der Waals surface area (Å²) in [6.45, 7) is 6.81. The van der Waals surface area contributed by atoms with Crippen molar-refractivity contribution in [1.82, 2.24) is 4.58 Å². The summed E-state index contributed by atoms with van der Waals surface area (Å²) in [6, 6.07) is 23.0. The van der Waals surface area contributed by atoms with Crippen molar-refractivity contribution in [1.29, 1.82) is 0 Å². The van der Waals surface area contributed by atoms with Crippen LogP contribution in [0.4, 0.5) is 0 Å². The van der Waals surface area contributed by atoms with E-state index in [-0.39, 0.29) is 11.7 Å². The fourth-order valence-electron chi connectivity index (χ4n) is 4.52. The first-order chi connectivity index (χ1) is 18.9. The average molecular weight is 525 g/mol. The van der Waals surface area contributed by atoms with Gasteiger partial charge in [-0.2, -0.15) is 0 Å². The van der Waals surface area contributed by atoms with Crippen molar-refractivity contribution in [2.45, 2.75) is 46.5 Å². The van der Waals surface area contributed by atoms with Crippen molar-refractivity contribution >= 4 is 27.7 Å². The van der Waals surface area contributed by atoms with Crippen LogP contribution in [0.15, 0.2) is 77.2 Å². The molecule has 5 nitrogen and oxygen atoms in total. The van der Waals surface area contributed by atoms with Crippen LogP contribution in [0, 0.1) is 0 Å². The van der Waals surface area contributed by atoms with E-state index in [0.29, 0.717) is 28.9 Å². The molecule has 0 saturated carbocycles. The molecule has 0 aromatic heterocycles. The molecule has 0 atom stereocenters. The Bertz CT molecular complexity index is 1640. The molecule has 39 heavy (non-hydrogen) atoms. The van der Waals surface area contributed by atoms with E-state index in [1.807, 2.05) is 79.3 Å². The lowest BCUT2D eigenvalue weighted by atomic mass is 9.89. The number of carbonyl (C=O) groups excluding carboxylic acids is 1. The first-order valence-electron chi connectivity index (χ1n) is 13.8. The zero-order valence-corrected chi connectivity index (χ0v) is 23.6. The van der Waals surface area contributed by atoms with Gasteiger partial charge in [-0.25, -0.2) is 9.37 Å². The van der Waals surface area contributed by atoms with E-state index >= 15 is 0 Å². The minimum atomic E-state index is -0.343. The largest absolute Gasteiger partial charge is 0.507 e. The average Bonchev–Trinajstić information content (AvgIpc) is 2.95. The van der Waals surface area contributed by atoms with Crippen LogP contribution in [-0.2, 0) is 4.74 Å². The molecule has 0 bridgehead atoms. The lowest BCUT2D eigenvalue weighted by molar-refractivity contribution is 0.0500. The first-order valence-corrected chi connectivity index (χ1v) is 13.8. The topological polar surface area (TPSA) is 62.7 Å². The molecule has 1 aliphatic carbocycles. The Hall–Kier alpha value is -4.12. The number of hydrogen-bond acceptors (Lipinski definition) is 4. The highest BCUT2D eigenvalue weighted by molar-refractivity contribution is 6.15. The predicted octanol–water partition coefficient (Wildman–Crippen LogP) is 7.86. The summed E-state index contributed by atoms with van der Waals surface area (Å²) in [7, 11) is 3.96. The molecule has 202 valence electrons. The number of phenols is 1. The lowest BCUT2D eigenvalue weighted by Gasteiger charge is -2.18. The number of unbranched alkanes of at least 4 members (excludes halogenated alkanes) is 2. The molecule has 0 radical (unpaired) electrons. The Morgan fingerprint density at radius 1 is 0.872 bits per heavy atom. The van der Waals surface area contributed by atoms with E-state index in [2.05, 4.69) is 20.8 Å². The predicted molar refractivity (Wildman–Crippen MR) is 160 cm³/mol. The Morgan fingerprint density at radius 2 is 1.64 bits per heavy atom. The van der Waals surface area contributed by atoms with E-state index in [9.17, 15) is 9.90 Å². The second-order valence-electron chi connectivity index (χ2n) is 9.90. The number of carbonyl (C=O) groups is 1. The van der Waals surface area contributed by atoms with Crippen LogP contribution in [0.1, 0.15) is 56.8 Å². The highest BCUT2D eigenvalue weighted by Gasteiger charge is 2.24. The molecule has 1 heterocycles. The molecular weight excluding hydrogens is 486 g/mol. The molecule has 0 amide bonds. The minimum Gasteiger partial charge on any atom is -0.507 e. The molecule has 0 saturated heterocycles. The van der Waals surface area contributed by atoms with Crippen LogP contribution >= 0.6 is 0 Å². The van der Waals surface area contributed by atoms with E-state index in [0.717, 1.165) is 45.7 Å². The summed E-state index contributed by atoms with van der Waals surface area (Å²) in [5, 5.41) is 14.1. The number of esters is 1. The van der Waals surface area contributed by atoms with Gasteiger partial charge in [0.05, 0.1) is 23.6 Å². The summed E-state index contributed by atoms with van der Waals surface area (Å²) in [6.07, 6.45) is 4.41. The molecule has 2 aliphatic rings. The Labute approximate surface area is 230 Å². The van der Waals surface area contributed by atoms with E-state index < -0.39 is 0 Å². The van der Waals surface area contributed by atoms with Crippen molar-refractivity contribution in [2.75, 3.05) is 20.7 Å². The molecule has 3 aromatic carbocycles. The third-order valence-electron chi connectivity index (χ3n) is 6.86. The van der Waals surface area contributed by atoms with Gasteiger partial charge in [0, 0.05) is 22.6 Å². The maximum Gasteiger partial charge on any atom is 0.338 e. The normalized spacial score (nSPS) is 10.9. The zero-order chi connectivity index (χ0) is 27.9. The maximum atomic E-state index is 13.1. The maximum absolute atomic E-state index is 13.1. The standard InChI is InChI=1S/C30H27NO4.C4H10/c1-4-5-17-34-30(33)22-11-7-6-10-21(22)28-23-16-14-20(31(2)3)18-26(23)35-29-24(28)15-13-19-9-8-12-25(32)27(19)29;1-3-4-2/h6-16,18H,4-5,17H2,1-3H3;3-4H2,1-2H3/p+1. The number of phenolic OH excluding ortho intramolecular Hbond substituents is 1. The van der Waals surface area contributed by atoms with Crippen LogP contribution < -0.4 is 9.93 Å². The van der Waals surface area contributed by atoms with Crippen LogP contribution in [0.3, 0.4) is 0 Å². The fourth-order valence-corrected chi connectivity index (χ4v) is 4.52. The van der Waals surface area contributed by atoms with Gasteiger partial charge in [-0.05, 0) is 41.6 Å². The van der Waals surface area contributed by atoms with Crippen LogP contribution in [-0.4, -0.2) is 31.8 Å². The molecule has 0 fully saturated rings. The van der Waals surface area contributed by atoms with Gasteiger partial charge in [0.15, 0.2) is 0 Å². The van der Waals surface area contributed by atoms with Crippen LogP contribution in [0.25, 0.3) is 44.2 Å². The van der Waals surface area contributed by atoms with Gasteiger partial charge in [-0.3, -0.25) is 0 Å². The molecule has 1 aliphatic heterocycles. The van der Waals surface area contributed by atoms with Gasteiger partial charge in [0.2, 0.25) is 5.36 Å². The Morgan fingerprint density at radius 3 is 2.36 bits per heavy atom. The van der Waals surface area contributed by atoms with E-state index in [4.69, 9.17) is 9.15 Å². The summed E-state index contributed by atoms with van der Waals surface area (Å²) < 4.78 is 14.1. The Balaban J connectivity index is 0.000000826. The fraction of sp³-hybridized carbons (Fsp3) is 0.294. The van der Waals surface area contributed by atoms with Gasteiger partial charge in [-0.15, -0.1) is 0 Å². The number of aromatic hydroxyl groups is 1. The van der Waals surface area contributed by atoms with Gasteiger partial charge in [-0.1, -0.05) is 76.4 Å². The highest BCUT2D eigenvalue weighted by Crippen LogP contribution is 2.44. The first kappa shape index (κ1) is 27.9. The van der Waals surface area contributed by atoms with Crippen LogP contribution in [0.2, 0.25) is 0 Å². The Kier molecular flexibility index (Phi) is 9.03. The molecule has 3 aromatic rings. The molecule has 5 rings (SSSR count). The number of ether oxygens (including phenoxy) is 1. The number of benzene rings is 4. The minimum absolute atomic E-state index is 0.151.